The Kier molecular flexibility index (Phi) is 3.46. The van der Waals surface area contributed by atoms with Crippen molar-refractivity contribution in [2.24, 2.45) is 0 Å². The predicted octanol–water partition coefficient (Wildman–Crippen LogP) is 0.517. The molecule has 14 heavy (non-hydrogen) atoms. The van der Waals surface area contributed by atoms with Crippen molar-refractivity contribution in [1.29, 1.82) is 5.26 Å². The van der Waals surface area contributed by atoms with Crippen LogP contribution < -0.4 is 5.32 Å². The van der Waals surface area contributed by atoms with Crippen molar-refractivity contribution in [3.8, 4) is 11.8 Å². The molecule has 1 aromatic rings. The Bertz CT molecular complexity index is 358. The number of aliphatic hydroxyl groups excluding tert-OH is 1. The molecule has 1 unspecified atom stereocenters. The van der Waals surface area contributed by atoms with Crippen LogP contribution in [-0.4, -0.2) is 23.8 Å². The number of hydrogen-bond donors (Lipinski definition) is 3. The predicted molar refractivity (Wildman–Crippen MR) is 51.7 cm³/mol. The van der Waals surface area contributed by atoms with E-state index in [0.29, 0.717) is 12.1 Å². The molecule has 0 bridgehead atoms. The van der Waals surface area contributed by atoms with Crippen LogP contribution in [0.1, 0.15) is 17.2 Å². The first-order valence-electron chi connectivity index (χ1n) is 4.24. The molecule has 0 aliphatic heterocycles. The molecular formula is C10H12N2O2. The van der Waals surface area contributed by atoms with E-state index in [0.717, 1.165) is 0 Å². The van der Waals surface area contributed by atoms with Gasteiger partial charge >= 0.3 is 0 Å². The Morgan fingerprint density at radius 2 is 2.29 bits per heavy atom. The number of aromatic hydroxyl groups is 1. The molecule has 0 aromatic heterocycles. The molecule has 74 valence electrons. The molecule has 0 fully saturated rings. The fourth-order valence-electron chi connectivity index (χ4n) is 1.16. The van der Waals surface area contributed by atoms with Crippen molar-refractivity contribution in [3.05, 3.63) is 29.3 Å². The van der Waals surface area contributed by atoms with Gasteiger partial charge in [-0.2, -0.15) is 5.26 Å². The van der Waals surface area contributed by atoms with E-state index in [9.17, 15) is 10.2 Å². The zero-order valence-corrected chi connectivity index (χ0v) is 7.86. The Morgan fingerprint density at radius 1 is 1.57 bits per heavy atom. The minimum Gasteiger partial charge on any atom is -0.507 e. The largest absolute Gasteiger partial charge is 0.507 e. The van der Waals surface area contributed by atoms with Gasteiger partial charge in [-0.1, -0.05) is 6.07 Å². The van der Waals surface area contributed by atoms with Gasteiger partial charge in [0.15, 0.2) is 0 Å². The molecule has 0 aliphatic carbocycles. The number of aliphatic hydroxyl groups is 1. The van der Waals surface area contributed by atoms with Crippen molar-refractivity contribution in [2.75, 3.05) is 13.6 Å². The number of nitriles is 1. The van der Waals surface area contributed by atoms with Crippen LogP contribution in [0.25, 0.3) is 0 Å². The summed E-state index contributed by atoms with van der Waals surface area (Å²) in [4.78, 5) is 0. The first kappa shape index (κ1) is 10.5. The summed E-state index contributed by atoms with van der Waals surface area (Å²) in [7, 11) is 1.73. The molecule has 1 atom stereocenters. The van der Waals surface area contributed by atoms with Gasteiger partial charge in [-0.15, -0.1) is 0 Å². The van der Waals surface area contributed by atoms with Crippen LogP contribution in [0.3, 0.4) is 0 Å². The molecule has 0 spiro atoms. The lowest BCUT2D eigenvalue weighted by molar-refractivity contribution is 0.177. The van der Waals surface area contributed by atoms with Gasteiger partial charge < -0.3 is 15.5 Å². The van der Waals surface area contributed by atoms with Gasteiger partial charge in [-0.05, 0) is 24.7 Å². The molecule has 0 saturated heterocycles. The van der Waals surface area contributed by atoms with Gasteiger partial charge in [-0.25, -0.2) is 0 Å². The van der Waals surface area contributed by atoms with Crippen LogP contribution in [0.15, 0.2) is 18.2 Å². The minimum absolute atomic E-state index is 0.0621. The topological polar surface area (TPSA) is 76.3 Å². The van der Waals surface area contributed by atoms with Crippen molar-refractivity contribution in [2.45, 2.75) is 6.10 Å². The lowest BCUT2D eigenvalue weighted by Gasteiger charge is -2.10. The van der Waals surface area contributed by atoms with E-state index in [1.807, 2.05) is 6.07 Å². The van der Waals surface area contributed by atoms with Gasteiger partial charge in [0.25, 0.3) is 0 Å². The summed E-state index contributed by atoms with van der Waals surface area (Å²) < 4.78 is 0. The second-order valence-corrected chi connectivity index (χ2v) is 2.96. The second kappa shape index (κ2) is 4.61. The molecule has 3 N–H and O–H groups in total. The molecule has 0 saturated carbocycles. The fraction of sp³-hybridized carbons (Fsp3) is 0.300. The number of nitrogens with one attached hydrogen (secondary N) is 1. The summed E-state index contributed by atoms with van der Waals surface area (Å²) in [6, 6.07) is 6.34. The Hall–Kier alpha value is -1.57. The van der Waals surface area contributed by atoms with Crippen LogP contribution >= 0.6 is 0 Å². The molecular weight excluding hydrogens is 180 g/mol. The van der Waals surface area contributed by atoms with Crippen molar-refractivity contribution in [3.63, 3.8) is 0 Å². The van der Waals surface area contributed by atoms with Crippen LogP contribution in [0, 0.1) is 11.3 Å². The molecule has 0 aliphatic rings. The molecule has 1 aromatic carbocycles. The number of rotatable bonds is 3. The van der Waals surface area contributed by atoms with E-state index in [1.165, 1.54) is 12.1 Å². The van der Waals surface area contributed by atoms with Crippen molar-refractivity contribution >= 4 is 0 Å². The minimum atomic E-state index is -0.660. The lowest BCUT2D eigenvalue weighted by Crippen LogP contribution is -2.16. The fourth-order valence-corrected chi connectivity index (χ4v) is 1.16. The summed E-state index contributed by atoms with van der Waals surface area (Å²) in [6.07, 6.45) is -0.660. The number of phenolic OH excluding ortho intramolecular Hbond substituents is 1. The van der Waals surface area contributed by atoms with Gasteiger partial charge in [-0.3, -0.25) is 0 Å². The SMILES string of the molecule is CNCC(O)c1ccc(O)c(C#N)c1. The van der Waals surface area contributed by atoms with Gasteiger partial charge in [0.05, 0.1) is 11.7 Å². The summed E-state index contributed by atoms with van der Waals surface area (Å²) in [5.74, 6) is -0.0621. The number of benzene rings is 1. The first-order valence-corrected chi connectivity index (χ1v) is 4.24. The second-order valence-electron chi connectivity index (χ2n) is 2.96. The maximum atomic E-state index is 9.58. The first-order chi connectivity index (χ1) is 6.69. The molecule has 4 heteroatoms. The molecule has 0 heterocycles. The lowest BCUT2D eigenvalue weighted by atomic mass is 10.1. The Morgan fingerprint density at radius 3 is 2.86 bits per heavy atom. The monoisotopic (exact) mass is 192 g/mol. The molecule has 0 amide bonds. The van der Waals surface area contributed by atoms with Crippen molar-refractivity contribution in [1.82, 2.24) is 5.32 Å². The molecule has 0 radical (unpaired) electrons. The van der Waals surface area contributed by atoms with Crippen LogP contribution in [0.5, 0.6) is 5.75 Å². The average molecular weight is 192 g/mol. The zero-order chi connectivity index (χ0) is 10.6. The van der Waals surface area contributed by atoms with Crippen LogP contribution in [-0.2, 0) is 0 Å². The van der Waals surface area contributed by atoms with Crippen LogP contribution in [0.2, 0.25) is 0 Å². The maximum absolute atomic E-state index is 9.58. The highest BCUT2D eigenvalue weighted by Gasteiger charge is 2.08. The third-order valence-corrected chi connectivity index (χ3v) is 1.92. The van der Waals surface area contributed by atoms with Gasteiger partial charge in [0.2, 0.25) is 0 Å². The zero-order valence-electron chi connectivity index (χ0n) is 7.86. The summed E-state index contributed by atoms with van der Waals surface area (Å²) in [5.41, 5.74) is 0.798. The van der Waals surface area contributed by atoms with Crippen LogP contribution in [0.4, 0.5) is 0 Å². The van der Waals surface area contributed by atoms with E-state index >= 15 is 0 Å². The van der Waals surface area contributed by atoms with Gasteiger partial charge in [0, 0.05) is 6.54 Å². The van der Waals surface area contributed by atoms with E-state index in [1.54, 1.807) is 13.1 Å². The maximum Gasteiger partial charge on any atom is 0.133 e. The third-order valence-electron chi connectivity index (χ3n) is 1.92. The highest BCUT2D eigenvalue weighted by atomic mass is 16.3. The number of phenols is 1. The summed E-state index contributed by atoms with van der Waals surface area (Å²) in [6.45, 7) is 0.412. The third kappa shape index (κ3) is 2.22. The number of likely N-dealkylation sites (N-methyl/N-ethyl adjacent to an activating group) is 1. The Balaban J connectivity index is 2.95. The van der Waals surface area contributed by atoms with Crippen molar-refractivity contribution < 1.29 is 10.2 Å². The summed E-state index contributed by atoms with van der Waals surface area (Å²) in [5, 5.41) is 30.3. The highest BCUT2D eigenvalue weighted by Crippen LogP contribution is 2.21. The molecule has 1 rings (SSSR count). The Labute approximate surface area is 82.4 Å². The average Bonchev–Trinajstić information content (AvgIpc) is 2.19. The summed E-state index contributed by atoms with van der Waals surface area (Å²) >= 11 is 0. The van der Waals surface area contributed by atoms with E-state index in [2.05, 4.69) is 5.32 Å². The van der Waals surface area contributed by atoms with E-state index in [-0.39, 0.29) is 11.3 Å². The smallest absolute Gasteiger partial charge is 0.133 e. The quantitative estimate of drug-likeness (QED) is 0.652. The molecule has 4 nitrogen and oxygen atoms in total. The standard InChI is InChI=1S/C10H12N2O2/c1-12-6-10(14)7-2-3-9(13)8(4-7)5-11/h2-4,10,12-14H,6H2,1H3. The van der Waals surface area contributed by atoms with E-state index < -0.39 is 6.10 Å². The number of hydrogen-bond acceptors (Lipinski definition) is 4. The normalized spacial score (nSPS) is 12.1. The van der Waals surface area contributed by atoms with Gasteiger partial charge in [0.1, 0.15) is 11.8 Å². The highest BCUT2D eigenvalue weighted by molar-refractivity contribution is 5.44. The number of nitrogens with zero attached hydrogens (tertiary/aromatic N) is 1. The van der Waals surface area contributed by atoms with E-state index in [4.69, 9.17) is 5.26 Å².